The van der Waals surface area contributed by atoms with Crippen LogP contribution >= 0.6 is 23.2 Å². The van der Waals surface area contributed by atoms with Crippen LogP contribution in [0.2, 0.25) is 10.0 Å². The van der Waals surface area contributed by atoms with Gasteiger partial charge in [-0.05, 0) is 82.2 Å². The Morgan fingerprint density at radius 2 is 1.67 bits per heavy atom. The average molecular weight is 918 g/mol. The lowest BCUT2D eigenvalue weighted by Gasteiger charge is -2.32. The van der Waals surface area contributed by atoms with Gasteiger partial charge in [-0.1, -0.05) is 42.1 Å². The number of rotatable bonds is 19. The maximum atomic E-state index is 14.1. The number of fused-ring (bicyclic) bond motifs is 1. The summed E-state index contributed by atoms with van der Waals surface area (Å²) in [7, 11) is 0. The Morgan fingerprint density at radius 1 is 0.938 bits per heavy atom. The number of carbonyl (C=O) groups excluding carboxylic acids is 6. The molecule has 15 nitrogen and oxygen atoms in total. The van der Waals surface area contributed by atoms with Crippen molar-refractivity contribution in [2.45, 2.75) is 109 Å². The zero-order valence-corrected chi connectivity index (χ0v) is 37.1. The minimum atomic E-state index is -1.02. The number of Topliss-reactive ketones (excluding diaryl/α,β-unsaturated/α-hetero) is 1. The minimum Gasteiger partial charge on any atom is -0.482 e. The first-order valence-corrected chi connectivity index (χ1v) is 22.5. The number of nitrogens with two attached hydrogens (primary N) is 1. The van der Waals surface area contributed by atoms with Gasteiger partial charge in [-0.3, -0.25) is 43.7 Å². The van der Waals surface area contributed by atoms with Gasteiger partial charge in [0.15, 0.2) is 11.6 Å². The number of ketones is 1. The molecule has 0 saturated carbocycles. The van der Waals surface area contributed by atoms with Gasteiger partial charge in [0.1, 0.15) is 23.7 Å². The number of hydrogen-bond acceptors (Lipinski definition) is 11. The van der Waals surface area contributed by atoms with Gasteiger partial charge in [0.2, 0.25) is 17.7 Å². The molecule has 0 spiro atoms. The van der Waals surface area contributed by atoms with Crippen molar-refractivity contribution in [3.63, 3.8) is 0 Å². The number of halogens is 3. The van der Waals surface area contributed by atoms with E-state index in [-0.39, 0.29) is 57.6 Å². The second kappa shape index (κ2) is 20.8. The van der Waals surface area contributed by atoms with E-state index in [0.717, 1.165) is 67.4 Å². The maximum Gasteiger partial charge on any atom is 0.264 e. The maximum absolute atomic E-state index is 14.1. The van der Waals surface area contributed by atoms with E-state index in [1.807, 2.05) is 15.8 Å². The fraction of sp³-hybridized carbons (Fsp3) is 0.435. The van der Waals surface area contributed by atoms with Crippen molar-refractivity contribution in [3.8, 4) is 16.9 Å². The van der Waals surface area contributed by atoms with Crippen molar-refractivity contribution in [2.75, 3.05) is 30.7 Å². The fourth-order valence-electron chi connectivity index (χ4n) is 8.51. The van der Waals surface area contributed by atoms with E-state index >= 15 is 0 Å². The molecule has 2 aromatic heterocycles. The highest BCUT2D eigenvalue weighted by atomic mass is 35.5. The van der Waals surface area contributed by atoms with E-state index in [2.05, 4.69) is 20.7 Å². The number of benzene rings is 2. The highest BCUT2D eigenvalue weighted by molar-refractivity contribution is 6.36. The van der Waals surface area contributed by atoms with Crippen LogP contribution in [0.15, 0.2) is 55.0 Å². The predicted octanol–water partition coefficient (Wildman–Crippen LogP) is 7.87. The summed E-state index contributed by atoms with van der Waals surface area (Å²) in [6.07, 6.45) is 12.3. The van der Waals surface area contributed by atoms with Gasteiger partial charge in [0, 0.05) is 85.1 Å². The lowest BCUT2D eigenvalue weighted by molar-refractivity contribution is -0.136. The molecular formula is C46H51Cl2FN8O7. The van der Waals surface area contributed by atoms with Crippen molar-refractivity contribution < 1.29 is 37.9 Å². The zero-order valence-electron chi connectivity index (χ0n) is 35.5. The quantitative estimate of drug-likeness (QED) is 0.0470. The smallest absolute Gasteiger partial charge is 0.264 e. The number of nitrogens with zero attached hydrogens (tertiary/aromatic N) is 5. The fourth-order valence-corrected chi connectivity index (χ4v) is 9.18. The summed E-state index contributed by atoms with van der Waals surface area (Å²) in [5.74, 6) is -1.99. The highest BCUT2D eigenvalue weighted by Crippen LogP contribution is 2.38. The zero-order chi connectivity index (χ0) is 45.5. The summed E-state index contributed by atoms with van der Waals surface area (Å²) < 4.78 is 22.1. The Kier molecular flexibility index (Phi) is 15.0. The number of unbranched alkanes of at least 4 members (excludes halogenated alkanes) is 4. The van der Waals surface area contributed by atoms with Crippen molar-refractivity contribution in [1.82, 2.24) is 29.9 Å². The Hall–Kier alpha value is -5.87. The summed E-state index contributed by atoms with van der Waals surface area (Å²) in [6.45, 7) is 3.50. The van der Waals surface area contributed by atoms with Gasteiger partial charge in [0.05, 0.1) is 28.4 Å². The van der Waals surface area contributed by atoms with Gasteiger partial charge in [-0.15, -0.1) is 0 Å². The summed E-state index contributed by atoms with van der Waals surface area (Å²) in [4.78, 5) is 83.1. The molecule has 0 aliphatic carbocycles. The average Bonchev–Trinajstić information content (AvgIpc) is 3.87. The number of imide groups is 2. The summed E-state index contributed by atoms with van der Waals surface area (Å²) in [5.41, 5.74) is 8.95. The van der Waals surface area contributed by atoms with Crippen LogP contribution in [0.4, 0.5) is 15.9 Å². The van der Waals surface area contributed by atoms with Crippen LogP contribution in [-0.2, 0) is 19.2 Å². The molecule has 64 heavy (non-hydrogen) atoms. The van der Waals surface area contributed by atoms with Crippen LogP contribution in [0.3, 0.4) is 0 Å². The first-order valence-electron chi connectivity index (χ1n) is 21.8. The number of piperidine rings is 2. The number of aromatic nitrogens is 3. The van der Waals surface area contributed by atoms with Crippen LogP contribution in [0.5, 0.6) is 5.75 Å². The third kappa shape index (κ3) is 10.6. The Balaban J connectivity index is 0.760. The monoisotopic (exact) mass is 916 g/mol. The van der Waals surface area contributed by atoms with Gasteiger partial charge in [-0.2, -0.15) is 5.10 Å². The summed E-state index contributed by atoms with van der Waals surface area (Å²) >= 11 is 12.5. The second-order valence-electron chi connectivity index (χ2n) is 16.5. The number of amides is 5. The molecular weight excluding hydrogens is 866 g/mol. The molecule has 338 valence electrons. The molecule has 2 saturated heterocycles. The third-order valence-electron chi connectivity index (χ3n) is 12.1. The van der Waals surface area contributed by atoms with Crippen molar-refractivity contribution in [3.05, 3.63) is 87.5 Å². The van der Waals surface area contributed by atoms with Gasteiger partial charge in [0.25, 0.3) is 11.8 Å². The molecule has 5 heterocycles. The molecule has 2 atom stereocenters. The van der Waals surface area contributed by atoms with Crippen LogP contribution in [0.25, 0.3) is 11.1 Å². The van der Waals surface area contributed by atoms with E-state index in [0.29, 0.717) is 55.9 Å². The topological polar surface area (TPSA) is 199 Å². The number of likely N-dealkylation sites (tertiary alicyclic amines) is 1. The minimum absolute atomic E-state index is 0.0574. The number of nitrogen functional groups attached to an aromatic ring is 1. The van der Waals surface area contributed by atoms with E-state index < -0.39 is 41.6 Å². The Labute approximate surface area is 380 Å². The van der Waals surface area contributed by atoms with Crippen LogP contribution in [0.1, 0.15) is 129 Å². The standard InChI is InChI=1S/C46H51Cl2FN8O7/c1-27(40-33(47)14-15-34(49)42(40)48)64-37-23-28(24-52-43(37)50)29-25-53-56(26-29)30-18-21-55(22-19-30)39(60)13-6-2-4-9-31(58)10-5-3-7-20-51-35-12-8-11-32-41(35)46(63)57(45(32)62)36-16-17-38(59)54-44(36)61/h8,11-12,14-15,23-27,30,36,51H,2-7,9-10,13,16-22H2,1H3,(H2,50,52)(H,54,59,61)/t27-,36?/m1/s1. The van der Waals surface area contributed by atoms with E-state index in [1.54, 1.807) is 43.6 Å². The highest BCUT2D eigenvalue weighted by Gasteiger charge is 2.45. The molecule has 4 aromatic rings. The van der Waals surface area contributed by atoms with E-state index in [1.165, 1.54) is 12.1 Å². The van der Waals surface area contributed by atoms with Crippen LogP contribution in [-0.4, -0.2) is 85.6 Å². The van der Waals surface area contributed by atoms with Crippen molar-refractivity contribution in [2.24, 2.45) is 0 Å². The molecule has 18 heteroatoms. The Bertz CT molecular complexity index is 2440. The van der Waals surface area contributed by atoms with Gasteiger partial charge >= 0.3 is 0 Å². The number of carbonyl (C=O) groups is 6. The molecule has 4 N–H and O–H groups in total. The number of ether oxygens (including phenoxy) is 1. The largest absolute Gasteiger partial charge is 0.482 e. The molecule has 0 bridgehead atoms. The van der Waals surface area contributed by atoms with E-state index in [4.69, 9.17) is 33.7 Å². The molecule has 1 unspecified atom stereocenters. The van der Waals surface area contributed by atoms with Crippen LogP contribution < -0.4 is 21.1 Å². The third-order valence-corrected chi connectivity index (χ3v) is 12.8. The first-order chi connectivity index (χ1) is 30.8. The predicted molar refractivity (Wildman–Crippen MR) is 238 cm³/mol. The molecule has 5 amide bonds. The first kappa shape index (κ1) is 46.1. The molecule has 3 aliphatic rings. The molecule has 0 radical (unpaired) electrons. The molecule has 2 aromatic carbocycles. The van der Waals surface area contributed by atoms with Crippen LogP contribution in [0, 0.1) is 5.82 Å². The summed E-state index contributed by atoms with van der Waals surface area (Å²) in [6, 6.07) is 8.44. The lowest BCUT2D eigenvalue weighted by atomic mass is 10.0. The summed E-state index contributed by atoms with van der Waals surface area (Å²) in [5, 5.41) is 10.2. The molecule has 2 fully saturated rings. The van der Waals surface area contributed by atoms with Crippen molar-refractivity contribution in [1.29, 1.82) is 0 Å². The SMILES string of the molecule is C[C@@H](Oc1cc(-c2cnn(C3CCN(C(=O)CCCCCC(=O)CCCCCNc4cccc5c4C(=O)N(C4CCC(=O)NC4=O)C5=O)CC3)c2)cnc1N)c1c(Cl)ccc(F)c1Cl. The number of pyridine rings is 1. The van der Waals surface area contributed by atoms with Gasteiger partial charge < -0.3 is 20.7 Å². The lowest BCUT2D eigenvalue weighted by Crippen LogP contribution is -2.54. The van der Waals surface area contributed by atoms with Crippen molar-refractivity contribution >= 4 is 70.0 Å². The van der Waals surface area contributed by atoms with Gasteiger partial charge in [-0.25, -0.2) is 9.37 Å². The second-order valence-corrected chi connectivity index (χ2v) is 17.2. The van der Waals surface area contributed by atoms with E-state index in [9.17, 15) is 33.2 Å². The molecule has 3 aliphatic heterocycles. The number of hydrogen-bond donors (Lipinski definition) is 3. The number of nitrogens with one attached hydrogen (secondary N) is 2. The number of anilines is 2. The molecule has 7 rings (SSSR count). The Morgan fingerprint density at radius 3 is 2.42 bits per heavy atom. The normalized spacial score (nSPS) is 17.1.